The molecule has 0 aliphatic carbocycles. The molecule has 0 aromatic carbocycles. The Morgan fingerprint density at radius 1 is 1.60 bits per heavy atom. The van der Waals surface area contributed by atoms with Crippen LogP contribution in [0.25, 0.3) is 0 Å². The highest BCUT2D eigenvalue weighted by Gasteiger charge is 2.16. The number of aryl methyl sites for hydroxylation is 2. The maximum absolute atomic E-state index is 11.2. The standard InChI is InChI=1S/C11H17NO3/c1-4-14-11(13)6-9(12)10-5-7(2)8(3)15-10/h5,9H,4,6,12H2,1-3H3/t9-/m1/s1. The van der Waals surface area contributed by atoms with Crippen LogP contribution >= 0.6 is 0 Å². The minimum atomic E-state index is -0.420. The van der Waals surface area contributed by atoms with Crippen molar-refractivity contribution in [2.24, 2.45) is 5.73 Å². The van der Waals surface area contributed by atoms with Gasteiger partial charge in [0.2, 0.25) is 0 Å². The quantitative estimate of drug-likeness (QED) is 0.772. The largest absolute Gasteiger partial charge is 0.466 e. The average Bonchev–Trinajstić information content (AvgIpc) is 2.47. The average molecular weight is 211 g/mol. The molecule has 1 aromatic heterocycles. The van der Waals surface area contributed by atoms with E-state index in [1.807, 2.05) is 19.9 Å². The molecule has 15 heavy (non-hydrogen) atoms. The maximum Gasteiger partial charge on any atom is 0.307 e. The third kappa shape index (κ3) is 3.09. The predicted molar refractivity (Wildman–Crippen MR) is 56.4 cm³/mol. The lowest BCUT2D eigenvalue weighted by Gasteiger charge is -2.07. The van der Waals surface area contributed by atoms with Crippen LogP contribution in [0.2, 0.25) is 0 Å². The van der Waals surface area contributed by atoms with Gasteiger partial charge in [-0.15, -0.1) is 0 Å². The van der Waals surface area contributed by atoms with E-state index in [0.29, 0.717) is 12.4 Å². The molecular weight excluding hydrogens is 194 g/mol. The summed E-state index contributed by atoms with van der Waals surface area (Å²) in [5.74, 6) is 1.18. The normalized spacial score (nSPS) is 12.5. The molecule has 84 valence electrons. The van der Waals surface area contributed by atoms with Crippen molar-refractivity contribution in [3.05, 3.63) is 23.2 Å². The van der Waals surface area contributed by atoms with Gasteiger partial charge in [0.15, 0.2) is 0 Å². The van der Waals surface area contributed by atoms with Crippen molar-refractivity contribution >= 4 is 5.97 Å². The molecule has 1 aromatic rings. The van der Waals surface area contributed by atoms with E-state index in [1.165, 1.54) is 0 Å². The number of hydrogen-bond donors (Lipinski definition) is 1. The molecule has 2 N–H and O–H groups in total. The van der Waals surface area contributed by atoms with Gasteiger partial charge in [-0.1, -0.05) is 0 Å². The van der Waals surface area contributed by atoms with E-state index in [2.05, 4.69) is 0 Å². The molecule has 4 nitrogen and oxygen atoms in total. The van der Waals surface area contributed by atoms with Crippen molar-refractivity contribution in [2.45, 2.75) is 33.2 Å². The second-order valence-electron chi connectivity index (χ2n) is 3.50. The topological polar surface area (TPSA) is 65.5 Å². The Kier molecular flexibility index (Phi) is 3.91. The molecule has 0 saturated heterocycles. The van der Waals surface area contributed by atoms with Crippen molar-refractivity contribution < 1.29 is 13.9 Å². The molecule has 0 aliphatic heterocycles. The number of furan rings is 1. The first-order chi connectivity index (χ1) is 7.04. The molecule has 1 atom stereocenters. The van der Waals surface area contributed by atoms with Gasteiger partial charge >= 0.3 is 5.97 Å². The summed E-state index contributed by atoms with van der Waals surface area (Å²) in [6, 6.07) is 1.44. The number of carbonyl (C=O) groups is 1. The summed E-state index contributed by atoms with van der Waals surface area (Å²) in [7, 11) is 0. The van der Waals surface area contributed by atoms with Crippen molar-refractivity contribution in [3.8, 4) is 0 Å². The lowest BCUT2D eigenvalue weighted by molar-refractivity contribution is -0.143. The fourth-order valence-corrected chi connectivity index (χ4v) is 1.28. The summed E-state index contributed by atoms with van der Waals surface area (Å²) in [6.45, 7) is 5.96. The van der Waals surface area contributed by atoms with Crippen LogP contribution in [0.4, 0.5) is 0 Å². The molecule has 0 spiro atoms. The Balaban J connectivity index is 2.60. The molecule has 0 bridgehead atoms. The fourth-order valence-electron chi connectivity index (χ4n) is 1.28. The van der Waals surface area contributed by atoms with E-state index >= 15 is 0 Å². The van der Waals surface area contributed by atoms with Crippen LogP contribution in [0.5, 0.6) is 0 Å². The monoisotopic (exact) mass is 211 g/mol. The highest BCUT2D eigenvalue weighted by Crippen LogP contribution is 2.20. The lowest BCUT2D eigenvalue weighted by atomic mass is 10.1. The minimum Gasteiger partial charge on any atom is -0.466 e. The number of rotatable bonds is 4. The first-order valence-corrected chi connectivity index (χ1v) is 5.02. The summed E-state index contributed by atoms with van der Waals surface area (Å²) < 4.78 is 10.2. The number of carbonyl (C=O) groups excluding carboxylic acids is 1. The van der Waals surface area contributed by atoms with Crippen molar-refractivity contribution in [1.29, 1.82) is 0 Å². The molecular formula is C11H17NO3. The van der Waals surface area contributed by atoms with Crippen LogP contribution in [-0.4, -0.2) is 12.6 Å². The second kappa shape index (κ2) is 4.98. The van der Waals surface area contributed by atoms with Gasteiger partial charge < -0.3 is 14.9 Å². The van der Waals surface area contributed by atoms with Gasteiger partial charge in [0.1, 0.15) is 11.5 Å². The van der Waals surface area contributed by atoms with Gasteiger partial charge in [0.05, 0.1) is 19.1 Å². The first kappa shape index (κ1) is 11.8. The zero-order valence-electron chi connectivity index (χ0n) is 9.37. The van der Waals surface area contributed by atoms with Crippen LogP contribution in [0, 0.1) is 13.8 Å². The van der Waals surface area contributed by atoms with Gasteiger partial charge in [-0.05, 0) is 32.4 Å². The van der Waals surface area contributed by atoms with Gasteiger partial charge in [0, 0.05) is 0 Å². The van der Waals surface area contributed by atoms with E-state index in [1.54, 1.807) is 6.92 Å². The van der Waals surface area contributed by atoms with Crippen LogP contribution < -0.4 is 5.73 Å². The number of esters is 1. The Labute approximate surface area is 89.4 Å². The fraction of sp³-hybridized carbons (Fsp3) is 0.545. The summed E-state index contributed by atoms with van der Waals surface area (Å²) in [5, 5.41) is 0. The van der Waals surface area contributed by atoms with Crippen molar-refractivity contribution in [1.82, 2.24) is 0 Å². The van der Waals surface area contributed by atoms with E-state index in [4.69, 9.17) is 14.9 Å². The second-order valence-corrected chi connectivity index (χ2v) is 3.50. The smallest absolute Gasteiger partial charge is 0.307 e. The summed E-state index contributed by atoms with van der Waals surface area (Å²) >= 11 is 0. The van der Waals surface area contributed by atoms with Crippen molar-refractivity contribution in [3.63, 3.8) is 0 Å². The third-order valence-electron chi connectivity index (χ3n) is 2.24. The Bertz CT molecular complexity index is 324. The molecule has 0 fully saturated rings. The SMILES string of the molecule is CCOC(=O)C[C@@H](N)c1cc(C)c(C)o1. The van der Waals surface area contributed by atoms with E-state index in [9.17, 15) is 4.79 Å². The Morgan fingerprint density at radius 2 is 2.27 bits per heavy atom. The van der Waals surface area contributed by atoms with E-state index < -0.39 is 6.04 Å². The zero-order valence-corrected chi connectivity index (χ0v) is 9.37. The van der Waals surface area contributed by atoms with E-state index in [-0.39, 0.29) is 12.4 Å². The molecule has 1 rings (SSSR count). The van der Waals surface area contributed by atoms with Crippen LogP contribution in [0.3, 0.4) is 0 Å². The lowest BCUT2D eigenvalue weighted by Crippen LogP contribution is -2.16. The zero-order chi connectivity index (χ0) is 11.4. The molecule has 1 heterocycles. The van der Waals surface area contributed by atoms with Gasteiger partial charge in [-0.2, -0.15) is 0 Å². The Morgan fingerprint density at radius 3 is 2.73 bits per heavy atom. The van der Waals surface area contributed by atoms with Crippen LogP contribution in [-0.2, 0) is 9.53 Å². The summed E-state index contributed by atoms with van der Waals surface area (Å²) in [5.41, 5.74) is 6.86. The molecule has 0 radical (unpaired) electrons. The van der Waals surface area contributed by atoms with Crippen LogP contribution in [0.15, 0.2) is 10.5 Å². The summed E-state index contributed by atoms with van der Waals surface area (Å²) in [4.78, 5) is 11.2. The third-order valence-corrected chi connectivity index (χ3v) is 2.24. The molecule has 0 saturated carbocycles. The predicted octanol–water partition coefficient (Wildman–Crippen LogP) is 1.85. The molecule has 0 unspecified atom stereocenters. The van der Waals surface area contributed by atoms with Gasteiger partial charge in [-0.25, -0.2) is 0 Å². The first-order valence-electron chi connectivity index (χ1n) is 5.02. The number of hydrogen-bond acceptors (Lipinski definition) is 4. The maximum atomic E-state index is 11.2. The van der Waals surface area contributed by atoms with Gasteiger partial charge in [-0.3, -0.25) is 4.79 Å². The minimum absolute atomic E-state index is 0.153. The highest BCUT2D eigenvalue weighted by atomic mass is 16.5. The van der Waals surface area contributed by atoms with Crippen molar-refractivity contribution in [2.75, 3.05) is 6.61 Å². The molecule has 0 amide bonds. The van der Waals surface area contributed by atoms with E-state index in [0.717, 1.165) is 11.3 Å². The molecule has 0 aliphatic rings. The Hall–Kier alpha value is -1.29. The number of nitrogens with two attached hydrogens (primary N) is 1. The highest BCUT2D eigenvalue weighted by molar-refractivity contribution is 5.70. The van der Waals surface area contributed by atoms with Crippen LogP contribution in [0.1, 0.15) is 36.5 Å². The summed E-state index contributed by atoms with van der Waals surface area (Å²) in [6.07, 6.45) is 0.153. The number of ether oxygens (including phenoxy) is 1. The molecule has 4 heteroatoms. The van der Waals surface area contributed by atoms with Gasteiger partial charge in [0.25, 0.3) is 0 Å².